The van der Waals surface area contributed by atoms with Gasteiger partial charge in [-0.25, -0.2) is 0 Å². The van der Waals surface area contributed by atoms with Crippen LogP contribution in [0, 0.1) is 5.92 Å². The Hall–Kier alpha value is -3.64. The molecule has 2 saturated carbocycles. The van der Waals surface area contributed by atoms with Gasteiger partial charge in [-0.05, 0) is 79.3 Å². The van der Waals surface area contributed by atoms with Crippen LogP contribution in [0.25, 0.3) is 0 Å². The zero-order valence-corrected chi connectivity index (χ0v) is 26.5. The number of phenols is 1. The number of benzene rings is 4. The van der Waals surface area contributed by atoms with Gasteiger partial charge in [-0.3, -0.25) is 9.80 Å². The van der Waals surface area contributed by atoms with Crippen molar-refractivity contribution in [1.82, 2.24) is 9.80 Å². The molecule has 1 spiro atoms. The minimum absolute atomic E-state index is 0.0730. The summed E-state index contributed by atoms with van der Waals surface area (Å²) < 4.78 is 7.06. The number of aliphatic hydroxyl groups is 1. The van der Waals surface area contributed by atoms with Gasteiger partial charge >= 0.3 is 0 Å². The molecule has 9 rings (SSSR count). The fraction of sp³-hybridized carbons (Fsp3) is 0.415. The first kappa shape index (κ1) is 28.6. The van der Waals surface area contributed by atoms with E-state index in [0.29, 0.717) is 5.75 Å². The summed E-state index contributed by atoms with van der Waals surface area (Å²) in [6, 6.07) is 36.7. The Morgan fingerprint density at radius 2 is 1.50 bits per heavy atom. The van der Waals surface area contributed by atoms with Crippen molar-refractivity contribution < 1.29 is 14.9 Å². The summed E-state index contributed by atoms with van der Waals surface area (Å²) in [5.41, 5.74) is 4.83. The van der Waals surface area contributed by atoms with Gasteiger partial charge < -0.3 is 14.9 Å². The van der Waals surface area contributed by atoms with E-state index in [-0.39, 0.29) is 29.9 Å². The molecule has 5 atom stereocenters. The third-order valence-electron chi connectivity index (χ3n) is 12.2. The van der Waals surface area contributed by atoms with Gasteiger partial charge in [0.05, 0.1) is 11.0 Å². The summed E-state index contributed by atoms with van der Waals surface area (Å²) in [6.07, 6.45) is 5.66. The summed E-state index contributed by atoms with van der Waals surface area (Å²) in [5.74, 6) is 1.79. The van der Waals surface area contributed by atoms with E-state index in [4.69, 9.17) is 4.74 Å². The van der Waals surface area contributed by atoms with Crippen LogP contribution in [-0.2, 0) is 18.4 Å². The highest BCUT2D eigenvalue weighted by molar-refractivity contribution is 5.62. The number of aromatic hydroxyl groups is 1. The van der Waals surface area contributed by atoms with Crippen molar-refractivity contribution in [3.05, 3.63) is 131 Å². The summed E-state index contributed by atoms with van der Waals surface area (Å²) in [5, 5.41) is 24.4. The van der Waals surface area contributed by atoms with Crippen LogP contribution in [0.15, 0.2) is 103 Å². The molecule has 3 fully saturated rings. The molecule has 3 aliphatic carbocycles. The molecule has 236 valence electrons. The normalized spacial score (nSPS) is 29.5. The molecule has 5 aliphatic rings. The molecule has 0 aromatic heterocycles. The van der Waals surface area contributed by atoms with Crippen molar-refractivity contribution in [3.8, 4) is 11.5 Å². The quantitative estimate of drug-likeness (QED) is 0.222. The highest BCUT2D eigenvalue weighted by atomic mass is 16.5. The van der Waals surface area contributed by atoms with E-state index < -0.39 is 11.0 Å². The largest absolute Gasteiger partial charge is 0.504 e. The summed E-state index contributed by atoms with van der Waals surface area (Å²) in [7, 11) is 0. The lowest BCUT2D eigenvalue weighted by molar-refractivity contribution is -0.201. The topological polar surface area (TPSA) is 56.2 Å². The fourth-order valence-electron chi connectivity index (χ4n) is 9.97. The second-order valence-electron chi connectivity index (χ2n) is 14.7. The second kappa shape index (κ2) is 11.0. The van der Waals surface area contributed by atoms with E-state index in [2.05, 4.69) is 107 Å². The fourth-order valence-corrected chi connectivity index (χ4v) is 9.97. The van der Waals surface area contributed by atoms with Gasteiger partial charge in [-0.1, -0.05) is 97.1 Å². The molecule has 2 aliphatic heterocycles. The average Bonchev–Trinajstić information content (AvgIpc) is 3.84. The van der Waals surface area contributed by atoms with Crippen LogP contribution in [0.2, 0.25) is 0 Å². The van der Waals surface area contributed by atoms with Crippen LogP contribution in [-0.4, -0.2) is 63.4 Å². The molecule has 5 heteroatoms. The number of likely N-dealkylation sites (tertiary alicyclic amines) is 1. The SMILES string of the molecule is Oc1ccc2c3c1O[C@H]1[C@H](N(Cc4ccccc4)CC(c4ccccc4)c4ccccc4)CC[C@@]4(O)[C@@H](C2)N(CC2CC2)CC[C@]314. The highest BCUT2D eigenvalue weighted by Crippen LogP contribution is 2.66. The molecule has 0 radical (unpaired) electrons. The molecule has 0 amide bonds. The maximum Gasteiger partial charge on any atom is 0.165 e. The van der Waals surface area contributed by atoms with Gasteiger partial charge in [0.25, 0.3) is 0 Å². The van der Waals surface area contributed by atoms with Crippen molar-refractivity contribution in [2.24, 2.45) is 5.92 Å². The third-order valence-corrected chi connectivity index (χ3v) is 12.2. The Bertz CT molecular complexity index is 1670. The molecule has 4 aromatic carbocycles. The monoisotopic (exact) mass is 612 g/mol. The van der Waals surface area contributed by atoms with Gasteiger partial charge in [-0.2, -0.15) is 0 Å². The Morgan fingerprint density at radius 3 is 2.17 bits per heavy atom. The van der Waals surface area contributed by atoms with Crippen molar-refractivity contribution in [2.75, 3.05) is 19.6 Å². The smallest absolute Gasteiger partial charge is 0.165 e. The van der Waals surface area contributed by atoms with Crippen molar-refractivity contribution in [2.45, 2.75) is 80.2 Å². The van der Waals surface area contributed by atoms with Gasteiger partial charge in [0.2, 0.25) is 0 Å². The third kappa shape index (κ3) is 4.39. The maximum absolute atomic E-state index is 13.1. The van der Waals surface area contributed by atoms with Gasteiger partial charge in [0.1, 0.15) is 6.10 Å². The van der Waals surface area contributed by atoms with Crippen LogP contribution in [0.4, 0.5) is 0 Å². The van der Waals surface area contributed by atoms with E-state index in [0.717, 1.165) is 63.3 Å². The lowest BCUT2D eigenvalue weighted by Gasteiger charge is -2.65. The first-order valence-electron chi connectivity index (χ1n) is 17.4. The molecule has 0 unspecified atom stereocenters. The van der Waals surface area contributed by atoms with Crippen LogP contribution in [0.1, 0.15) is 65.8 Å². The predicted octanol–water partition coefficient (Wildman–Crippen LogP) is 6.66. The number of phenolic OH excluding ortho intramolecular Hbond substituents is 1. The summed E-state index contributed by atoms with van der Waals surface area (Å²) >= 11 is 0. The molecular formula is C41H44N2O3. The first-order valence-corrected chi connectivity index (χ1v) is 17.4. The summed E-state index contributed by atoms with van der Waals surface area (Å²) in [6.45, 7) is 3.69. The van der Waals surface area contributed by atoms with E-state index >= 15 is 0 Å². The molecule has 46 heavy (non-hydrogen) atoms. The Balaban J connectivity index is 1.15. The van der Waals surface area contributed by atoms with E-state index in [1.807, 2.05) is 6.07 Å². The van der Waals surface area contributed by atoms with Crippen molar-refractivity contribution in [1.29, 1.82) is 0 Å². The number of rotatable bonds is 9. The minimum atomic E-state index is -0.885. The summed E-state index contributed by atoms with van der Waals surface area (Å²) in [4.78, 5) is 5.28. The average molecular weight is 613 g/mol. The molecule has 2 bridgehead atoms. The van der Waals surface area contributed by atoms with E-state index in [1.165, 1.54) is 35.1 Å². The van der Waals surface area contributed by atoms with E-state index in [9.17, 15) is 10.2 Å². The number of ether oxygens (including phenoxy) is 1. The number of hydrogen-bond donors (Lipinski definition) is 2. The predicted molar refractivity (Wildman–Crippen MR) is 180 cm³/mol. The Labute approximate surface area is 272 Å². The van der Waals surface area contributed by atoms with E-state index in [1.54, 1.807) is 0 Å². The zero-order valence-electron chi connectivity index (χ0n) is 26.5. The van der Waals surface area contributed by atoms with Crippen LogP contribution >= 0.6 is 0 Å². The Morgan fingerprint density at radius 1 is 0.826 bits per heavy atom. The van der Waals surface area contributed by atoms with Crippen molar-refractivity contribution >= 4 is 0 Å². The van der Waals surface area contributed by atoms with Crippen LogP contribution < -0.4 is 4.74 Å². The zero-order chi connectivity index (χ0) is 30.9. The highest BCUT2D eigenvalue weighted by Gasteiger charge is 2.73. The van der Waals surface area contributed by atoms with Crippen LogP contribution in [0.5, 0.6) is 11.5 Å². The minimum Gasteiger partial charge on any atom is -0.504 e. The molecule has 2 N–H and O–H groups in total. The number of nitrogens with zero attached hydrogens (tertiary/aromatic N) is 2. The standard InChI is InChI=1S/C41H44N2O3/c44-35-19-18-32-24-36-41(45)21-20-34(39-40(41,37(32)38(35)46-39)22-23-42(36)25-29-16-17-29)43(26-28-10-4-1-5-11-28)27-33(30-12-6-2-7-13-30)31-14-8-3-9-15-31/h1-15,18-19,29,33-34,36,39,44-45H,16-17,20-27H2/t34-,36-,39+,40+,41-/m1/s1. The molecule has 5 nitrogen and oxygen atoms in total. The second-order valence-corrected chi connectivity index (χ2v) is 14.7. The van der Waals surface area contributed by atoms with Crippen molar-refractivity contribution in [3.63, 3.8) is 0 Å². The van der Waals surface area contributed by atoms with Gasteiger partial charge in [0.15, 0.2) is 11.5 Å². The number of piperidine rings is 1. The molecular weight excluding hydrogens is 568 g/mol. The van der Waals surface area contributed by atoms with Crippen LogP contribution in [0.3, 0.4) is 0 Å². The van der Waals surface area contributed by atoms with Gasteiger partial charge in [0, 0.05) is 43.2 Å². The lowest BCUT2D eigenvalue weighted by atomic mass is 9.48. The lowest BCUT2D eigenvalue weighted by Crippen LogP contribution is -2.78. The molecule has 2 heterocycles. The maximum atomic E-state index is 13.1. The molecule has 1 saturated heterocycles. The molecule has 4 aromatic rings. The first-order chi connectivity index (χ1) is 22.5. The Kier molecular flexibility index (Phi) is 6.82. The van der Waals surface area contributed by atoms with Gasteiger partial charge in [-0.15, -0.1) is 0 Å². The number of hydrogen-bond acceptors (Lipinski definition) is 5.